The maximum absolute atomic E-state index is 10.9. The van der Waals surface area contributed by atoms with Crippen LogP contribution in [0.5, 0.6) is 0 Å². The Morgan fingerprint density at radius 2 is 1.64 bits per heavy atom. The smallest absolute Gasteiger partial charge is 0.134 e. The lowest BCUT2D eigenvalue weighted by Gasteiger charge is -2.20. The molecule has 5 nitrogen and oxygen atoms in total. The quantitative estimate of drug-likeness (QED) is 0.425. The third kappa shape index (κ3) is 8.66. The molecule has 1 unspecified atom stereocenters. The lowest BCUT2D eigenvalue weighted by molar-refractivity contribution is -0.199. The van der Waals surface area contributed by atoms with Crippen molar-refractivity contribution in [2.24, 2.45) is 0 Å². The molecular formula is C8H18O5P-. The average molecular weight is 225 g/mol. The average Bonchev–Trinajstić information content (AvgIpc) is 2.16. The molecule has 14 heavy (non-hydrogen) atoms. The van der Waals surface area contributed by atoms with Crippen LogP contribution in [0.25, 0.3) is 0 Å². The Kier molecular flexibility index (Phi) is 8.43. The summed E-state index contributed by atoms with van der Waals surface area (Å²) in [6.45, 7) is 5.46. The van der Waals surface area contributed by atoms with E-state index in [0.717, 1.165) is 0 Å². The summed E-state index contributed by atoms with van der Waals surface area (Å²) in [4.78, 5) is 10.9. The van der Waals surface area contributed by atoms with Gasteiger partial charge in [-0.05, 0) is 6.92 Å². The lowest BCUT2D eigenvalue weighted by atomic mass is 10.7. The van der Waals surface area contributed by atoms with Crippen LogP contribution in [0, 0.1) is 0 Å². The molecule has 0 rings (SSSR count). The number of hydrogen-bond donors (Lipinski definition) is 0. The molecule has 86 valence electrons. The molecule has 0 bridgehead atoms. The summed E-state index contributed by atoms with van der Waals surface area (Å²) < 4.78 is 25.6. The van der Waals surface area contributed by atoms with Crippen molar-refractivity contribution in [2.75, 3.05) is 39.2 Å². The van der Waals surface area contributed by atoms with Gasteiger partial charge in [-0.15, -0.1) is 0 Å². The first-order valence-corrected chi connectivity index (χ1v) is 6.45. The molecule has 0 heterocycles. The zero-order chi connectivity index (χ0) is 10.9. The zero-order valence-corrected chi connectivity index (χ0v) is 9.63. The van der Waals surface area contributed by atoms with Gasteiger partial charge in [0, 0.05) is 12.8 Å². The molecule has 0 saturated heterocycles. The standard InChI is InChI=1S/C8H19O5P/c1-3-11-5-6-12-7-8-13-14(9,10)4-2/h3-8H2,1-2H3,(H,9,10)/p-1. The fourth-order valence-corrected chi connectivity index (χ4v) is 1.23. The third-order valence-corrected chi connectivity index (χ3v) is 2.83. The first kappa shape index (κ1) is 14.1. The maximum Gasteiger partial charge on any atom is 0.134 e. The highest BCUT2D eigenvalue weighted by molar-refractivity contribution is 7.51. The molecule has 0 spiro atoms. The topological polar surface area (TPSA) is 67.8 Å². The highest BCUT2D eigenvalue weighted by atomic mass is 31.2. The minimum atomic E-state index is -3.60. The fourth-order valence-electron chi connectivity index (χ4n) is 0.691. The summed E-state index contributed by atoms with van der Waals surface area (Å²) in [5.74, 6) is 0. The third-order valence-electron chi connectivity index (χ3n) is 1.48. The molecule has 0 radical (unpaired) electrons. The van der Waals surface area contributed by atoms with E-state index in [1.165, 1.54) is 0 Å². The molecule has 0 amide bonds. The van der Waals surface area contributed by atoms with Gasteiger partial charge in [0.15, 0.2) is 0 Å². The van der Waals surface area contributed by atoms with Gasteiger partial charge < -0.3 is 23.5 Å². The maximum atomic E-state index is 10.9. The summed E-state index contributed by atoms with van der Waals surface area (Å²) >= 11 is 0. The van der Waals surface area contributed by atoms with Gasteiger partial charge in [-0.1, -0.05) is 6.92 Å². The SMILES string of the molecule is CCOCCOCCOP(=O)([O-])CC. The molecule has 0 aromatic carbocycles. The summed E-state index contributed by atoms with van der Waals surface area (Å²) in [5, 5.41) is 0. The van der Waals surface area contributed by atoms with Gasteiger partial charge in [0.2, 0.25) is 0 Å². The second-order valence-corrected chi connectivity index (χ2v) is 4.68. The zero-order valence-electron chi connectivity index (χ0n) is 8.73. The molecule has 0 aliphatic carbocycles. The van der Waals surface area contributed by atoms with Crippen molar-refractivity contribution in [3.8, 4) is 0 Å². The van der Waals surface area contributed by atoms with Crippen molar-refractivity contribution in [3.63, 3.8) is 0 Å². The fraction of sp³-hybridized carbons (Fsp3) is 1.00. The largest absolute Gasteiger partial charge is 0.779 e. The van der Waals surface area contributed by atoms with E-state index < -0.39 is 7.60 Å². The number of hydrogen-bond acceptors (Lipinski definition) is 5. The van der Waals surface area contributed by atoms with Crippen LogP contribution in [0.3, 0.4) is 0 Å². The first-order valence-electron chi connectivity index (χ1n) is 4.72. The van der Waals surface area contributed by atoms with Crippen LogP contribution in [0.2, 0.25) is 0 Å². The monoisotopic (exact) mass is 225 g/mol. The highest BCUT2D eigenvalue weighted by Crippen LogP contribution is 2.35. The van der Waals surface area contributed by atoms with E-state index in [2.05, 4.69) is 4.52 Å². The summed E-state index contributed by atoms with van der Waals surface area (Å²) in [6, 6.07) is 0. The van der Waals surface area contributed by atoms with Crippen molar-refractivity contribution in [2.45, 2.75) is 13.8 Å². The lowest BCUT2D eigenvalue weighted by Crippen LogP contribution is -2.12. The van der Waals surface area contributed by atoms with E-state index in [1.807, 2.05) is 6.92 Å². The Morgan fingerprint density at radius 1 is 1.07 bits per heavy atom. The van der Waals surface area contributed by atoms with E-state index in [0.29, 0.717) is 19.8 Å². The number of rotatable bonds is 9. The van der Waals surface area contributed by atoms with Crippen LogP contribution in [-0.2, 0) is 18.6 Å². The van der Waals surface area contributed by atoms with Crippen LogP contribution < -0.4 is 4.89 Å². The second-order valence-electron chi connectivity index (χ2n) is 2.57. The Morgan fingerprint density at radius 3 is 2.21 bits per heavy atom. The Hall–Kier alpha value is 0.0700. The molecule has 0 N–H and O–H groups in total. The van der Waals surface area contributed by atoms with Gasteiger partial charge in [-0.2, -0.15) is 0 Å². The van der Waals surface area contributed by atoms with Crippen molar-refractivity contribution < 1.29 is 23.5 Å². The van der Waals surface area contributed by atoms with Crippen LogP contribution in [0.1, 0.15) is 13.8 Å². The van der Waals surface area contributed by atoms with Crippen LogP contribution in [0.15, 0.2) is 0 Å². The summed E-state index contributed by atoms with van der Waals surface area (Å²) in [7, 11) is -3.60. The molecule has 0 saturated carbocycles. The molecule has 0 fully saturated rings. The van der Waals surface area contributed by atoms with Gasteiger partial charge in [-0.25, -0.2) is 0 Å². The molecule has 0 aromatic rings. The van der Waals surface area contributed by atoms with E-state index in [4.69, 9.17) is 9.47 Å². The van der Waals surface area contributed by atoms with E-state index in [1.54, 1.807) is 6.92 Å². The predicted molar refractivity (Wildman–Crippen MR) is 51.4 cm³/mol. The summed E-state index contributed by atoms with van der Waals surface area (Å²) in [5.41, 5.74) is 0. The molecule has 1 atom stereocenters. The second kappa shape index (κ2) is 8.38. The van der Waals surface area contributed by atoms with E-state index >= 15 is 0 Å². The normalized spacial score (nSPS) is 15.4. The molecule has 6 heteroatoms. The van der Waals surface area contributed by atoms with Gasteiger partial charge >= 0.3 is 0 Å². The Bertz CT molecular complexity index is 173. The van der Waals surface area contributed by atoms with Gasteiger partial charge in [0.1, 0.15) is 7.60 Å². The summed E-state index contributed by atoms with van der Waals surface area (Å²) in [6.07, 6.45) is 0.0198. The Labute approximate surface area is 84.9 Å². The minimum Gasteiger partial charge on any atom is -0.779 e. The van der Waals surface area contributed by atoms with Crippen LogP contribution in [0.4, 0.5) is 0 Å². The van der Waals surface area contributed by atoms with Crippen molar-refractivity contribution >= 4 is 7.60 Å². The van der Waals surface area contributed by atoms with Crippen LogP contribution in [-0.4, -0.2) is 39.2 Å². The highest BCUT2D eigenvalue weighted by Gasteiger charge is 2.03. The predicted octanol–water partition coefficient (Wildman–Crippen LogP) is 0.629. The molecule has 0 aromatic heterocycles. The molecule has 0 aliphatic heterocycles. The minimum absolute atomic E-state index is 0.0198. The van der Waals surface area contributed by atoms with E-state index in [9.17, 15) is 9.46 Å². The van der Waals surface area contributed by atoms with Gasteiger partial charge in [0.05, 0.1) is 26.4 Å². The van der Waals surface area contributed by atoms with Gasteiger partial charge in [0.25, 0.3) is 0 Å². The van der Waals surface area contributed by atoms with Crippen molar-refractivity contribution in [3.05, 3.63) is 0 Å². The van der Waals surface area contributed by atoms with E-state index in [-0.39, 0.29) is 19.4 Å². The molecule has 0 aliphatic rings. The van der Waals surface area contributed by atoms with Crippen LogP contribution >= 0.6 is 7.60 Å². The Balaban J connectivity index is 3.17. The van der Waals surface area contributed by atoms with Gasteiger partial charge in [-0.3, -0.25) is 0 Å². The van der Waals surface area contributed by atoms with Crippen molar-refractivity contribution in [1.29, 1.82) is 0 Å². The molecular weight excluding hydrogens is 207 g/mol. The van der Waals surface area contributed by atoms with Crippen molar-refractivity contribution in [1.82, 2.24) is 0 Å². The number of ether oxygens (including phenoxy) is 2. The first-order chi connectivity index (χ1) is 6.62.